The number of methoxy groups -OCH3 is 2. The second-order valence-electron chi connectivity index (χ2n) is 4.00. The van der Waals surface area contributed by atoms with E-state index >= 15 is 0 Å². The van der Waals surface area contributed by atoms with E-state index in [-0.39, 0.29) is 0 Å². The minimum atomic E-state index is 0.786. The number of para-hydroxylation sites is 1. The predicted molar refractivity (Wildman–Crippen MR) is 80.0 cm³/mol. The topological polar surface area (TPSA) is 44.5 Å². The van der Waals surface area contributed by atoms with E-state index in [2.05, 4.69) is 0 Å². The van der Waals surface area contributed by atoms with E-state index in [1.807, 2.05) is 42.5 Å². The second-order valence-corrected chi connectivity index (χ2v) is 5.02. The molecule has 0 aromatic heterocycles. The van der Waals surface area contributed by atoms with Gasteiger partial charge in [-0.2, -0.15) is 0 Å². The van der Waals surface area contributed by atoms with Crippen LogP contribution in [0.15, 0.2) is 47.4 Å². The average molecular weight is 275 g/mol. The van der Waals surface area contributed by atoms with Gasteiger partial charge < -0.3 is 15.2 Å². The zero-order valence-electron chi connectivity index (χ0n) is 11.1. The first kappa shape index (κ1) is 13.6. The van der Waals surface area contributed by atoms with Gasteiger partial charge in [-0.15, -0.1) is 11.8 Å². The van der Waals surface area contributed by atoms with Crippen molar-refractivity contribution in [1.82, 2.24) is 0 Å². The van der Waals surface area contributed by atoms with E-state index in [0.29, 0.717) is 0 Å². The van der Waals surface area contributed by atoms with Gasteiger partial charge in [0.1, 0.15) is 11.5 Å². The summed E-state index contributed by atoms with van der Waals surface area (Å²) in [5.41, 5.74) is 7.83. The number of nitrogens with two attached hydrogens (primary N) is 1. The van der Waals surface area contributed by atoms with Crippen LogP contribution in [-0.4, -0.2) is 14.2 Å². The van der Waals surface area contributed by atoms with Crippen LogP contribution in [0.25, 0.3) is 0 Å². The molecule has 0 spiro atoms. The lowest BCUT2D eigenvalue weighted by molar-refractivity contribution is 0.400. The molecule has 0 aliphatic heterocycles. The lowest BCUT2D eigenvalue weighted by atomic mass is 10.2. The molecule has 0 aliphatic carbocycles. The first-order valence-electron chi connectivity index (χ1n) is 5.93. The van der Waals surface area contributed by atoms with E-state index in [9.17, 15) is 0 Å². The summed E-state index contributed by atoms with van der Waals surface area (Å²) in [6.07, 6.45) is 0. The number of thioether (sulfide) groups is 1. The third-order valence-electron chi connectivity index (χ3n) is 2.79. The zero-order valence-corrected chi connectivity index (χ0v) is 11.9. The largest absolute Gasteiger partial charge is 0.497 e. The van der Waals surface area contributed by atoms with Gasteiger partial charge in [-0.25, -0.2) is 0 Å². The minimum absolute atomic E-state index is 0.786. The Morgan fingerprint density at radius 2 is 1.84 bits per heavy atom. The van der Waals surface area contributed by atoms with Gasteiger partial charge in [0.05, 0.1) is 14.2 Å². The van der Waals surface area contributed by atoms with Crippen molar-refractivity contribution >= 4 is 17.4 Å². The SMILES string of the molecule is COc1ccc(OC)c(CSc2ccccc2N)c1. The molecule has 2 N–H and O–H groups in total. The van der Waals surface area contributed by atoms with Gasteiger partial charge in [0, 0.05) is 21.9 Å². The molecule has 0 heterocycles. The molecule has 2 rings (SSSR count). The molecule has 4 heteroatoms. The molecule has 100 valence electrons. The summed E-state index contributed by atoms with van der Waals surface area (Å²) in [6, 6.07) is 13.7. The van der Waals surface area contributed by atoms with Gasteiger partial charge in [0.15, 0.2) is 0 Å². The molecule has 0 atom stereocenters. The first-order chi connectivity index (χ1) is 9.24. The summed E-state index contributed by atoms with van der Waals surface area (Å²) in [5.74, 6) is 2.48. The van der Waals surface area contributed by atoms with Gasteiger partial charge in [-0.05, 0) is 30.3 Å². The van der Waals surface area contributed by atoms with Crippen LogP contribution >= 0.6 is 11.8 Å². The molecule has 2 aromatic rings. The fourth-order valence-corrected chi connectivity index (χ4v) is 2.71. The number of ether oxygens (including phenoxy) is 2. The summed E-state index contributed by atoms with van der Waals surface area (Å²) in [7, 11) is 3.33. The van der Waals surface area contributed by atoms with E-state index in [4.69, 9.17) is 15.2 Å². The average Bonchev–Trinajstić information content (AvgIpc) is 2.46. The van der Waals surface area contributed by atoms with Crippen molar-refractivity contribution in [3.05, 3.63) is 48.0 Å². The van der Waals surface area contributed by atoms with Crippen molar-refractivity contribution in [1.29, 1.82) is 0 Å². The molecule has 0 fully saturated rings. The van der Waals surface area contributed by atoms with Crippen LogP contribution < -0.4 is 15.2 Å². The highest BCUT2D eigenvalue weighted by atomic mass is 32.2. The van der Waals surface area contributed by atoms with Crippen LogP contribution in [0.3, 0.4) is 0 Å². The summed E-state index contributed by atoms with van der Waals surface area (Å²) in [5, 5.41) is 0. The Bertz CT molecular complexity index is 558. The Morgan fingerprint density at radius 3 is 2.53 bits per heavy atom. The van der Waals surface area contributed by atoms with Gasteiger partial charge in [0.25, 0.3) is 0 Å². The third-order valence-corrected chi connectivity index (χ3v) is 3.93. The molecule has 3 nitrogen and oxygen atoms in total. The highest BCUT2D eigenvalue weighted by Gasteiger charge is 2.07. The molecular formula is C15H17NO2S. The van der Waals surface area contributed by atoms with Crippen molar-refractivity contribution in [3.8, 4) is 11.5 Å². The Balaban J connectivity index is 2.16. The zero-order chi connectivity index (χ0) is 13.7. The smallest absolute Gasteiger partial charge is 0.123 e. The molecule has 0 saturated heterocycles. The summed E-state index contributed by atoms with van der Waals surface area (Å²) < 4.78 is 10.6. The van der Waals surface area contributed by atoms with Crippen LogP contribution in [-0.2, 0) is 5.75 Å². The van der Waals surface area contributed by atoms with Crippen molar-refractivity contribution < 1.29 is 9.47 Å². The van der Waals surface area contributed by atoms with E-state index in [0.717, 1.165) is 33.4 Å². The highest BCUT2D eigenvalue weighted by molar-refractivity contribution is 7.98. The second kappa shape index (κ2) is 6.38. The quantitative estimate of drug-likeness (QED) is 0.669. The van der Waals surface area contributed by atoms with Crippen molar-refractivity contribution in [2.24, 2.45) is 0 Å². The van der Waals surface area contributed by atoms with Crippen LogP contribution in [0.2, 0.25) is 0 Å². The Morgan fingerprint density at radius 1 is 1.05 bits per heavy atom. The normalized spacial score (nSPS) is 10.2. The lowest BCUT2D eigenvalue weighted by Crippen LogP contribution is -1.93. The Hall–Kier alpha value is -1.81. The van der Waals surface area contributed by atoms with E-state index in [1.165, 1.54) is 0 Å². The molecule has 0 aliphatic rings. The summed E-state index contributed by atoms with van der Waals surface area (Å²) in [6.45, 7) is 0. The van der Waals surface area contributed by atoms with Crippen molar-refractivity contribution in [3.63, 3.8) is 0 Å². The van der Waals surface area contributed by atoms with Gasteiger partial charge >= 0.3 is 0 Å². The number of hydrogen-bond donors (Lipinski definition) is 1. The molecule has 0 radical (unpaired) electrons. The van der Waals surface area contributed by atoms with Crippen LogP contribution in [0.4, 0.5) is 5.69 Å². The number of nitrogen functional groups attached to an aromatic ring is 1. The molecular weight excluding hydrogens is 258 g/mol. The summed E-state index contributed by atoms with van der Waals surface area (Å²) >= 11 is 1.69. The summed E-state index contributed by atoms with van der Waals surface area (Å²) in [4.78, 5) is 1.08. The Labute approximate surface area is 117 Å². The number of rotatable bonds is 5. The van der Waals surface area contributed by atoms with E-state index < -0.39 is 0 Å². The van der Waals surface area contributed by atoms with Crippen molar-refractivity contribution in [2.45, 2.75) is 10.6 Å². The number of anilines is 1. The molecule has 19 heavy (non-hydrogen) atoms. The minimum Gasteiger partial charge on any atom is -0.497 e. The molecule has 0 bridgehead atoms. The van der Waals surface area contributed by atoms with Gasteiger partial charge in [0.2, 0.25) is 0 Å². The van der Waals surface area contributed by atoms with Crippen LogP contribution in [0, 0.1) is 0 Å². The van der Waals surface area contributed by atoms with Gasteiger partial charge in [-0.1, -0.05) is 12.1 Å². The molecule has 0 saturated carbocycles. The highest BCUT2D eigenvalue weighted by Crippen LogP contribution is 2.32. The maximum Gasteiger partial charge on any atom is 0.123 e. The van der Waals surface area contributed by atoms with Crippen LogP contribution in [0.1, 0.15) is 5.56 Å². The monoisotopic (exact) mass is 275 g/mol. The number of hydrogen-bond acceptors (Lipinski definition) is 4. The fourth-order valence-electron chi connectivity index (χ4n) is 1.76. The van der Waals surface area contributed by atoms with E-state index in [1.54, 1.807) is 26.0 Å². The maximum absolute atomic E-state index is 5.93. The molecule has 2 aromatic carbocycles. The third kappa shape index (κ3) is 3.35. The predicted octanol–water partition coefficient (Wildman–Crippen LogP) is 3.58. The molecule has 0 unspecified atom stereocenters. The standard InChI is InChI=1S/C15H17NO2S/c1-17-12-7-8-14(18-2)11(9-12)10-19-15-6-4-3-5-13(15)16/h3-9H,10,16H2,1-2H3. The number of benzene rings is 2. The fraction of sp³-hybridized carbons (Fsp3) is 0.200. The maximum atomic E-state index is 5.93. The van der Waals surface area contributed by atoms with Crippen LogP contribution in [0.5, 0.6) is 11.5 Å². The Kier molecular flexibility index (Phi) is 4.58. The lowest BCUT2D eigenvalue weighted by Gasteiger charge is -2.11. The molecule has 0 amide bonds. The van der Waals surface area contributed by atoms with Gasteiger partial charge in [-0.3, -0.25) is 0 Å². The van der Waals surface area contributed by atoms with Crippen molar-refractivity contribution in [2.75, 3.05) is 20.0 Å². The first-order valence-corrected chi connectivity index (χ1v) is 6.91.